The van der Waals surface area contributed by atoms with Crippen LogP contribution in [-0.2, 0) is 4.79 Å². The molecule has 0 saturated heterocycles. The fraction of sp³-hybridized carbons (Fsp3) is 0.500. The molecule has 2 aromatic rings. The van der Waals surface area contributed by atoms with Crippen molar-refractivity contribution in [2.75, 3.05) is 7.11 Å². The van der Waals surface area contributed by atoms with Gasteiger partial charge in [-0.1, -0.05) is 31.4 Å². The van der Waals surface area contributed by atoms with Crippen LogP contribution in [0.2, 0.25) is 0 Å². The zero-order valence-corrected chi connectivity index (χ0v) is 15.2. The van der Waals surface area contributed by atoms with Crippen LogP contribution in [0.5, 0.6) is 5.75 Å². The van der Waals surface area contributed by atoms with Gasteiger partial charge >= 0.3 is 0 Å². The molecule has 1 saturated carbocycles. The number of nitrogens with one attached hydrogen (secondary N) is 1. The van der Waals surface area contributed by atoms with Crippen LogP contribution in [0, 0.1) is 6.92 Å². The molecule has 134 valence electrons. The molecule has 1 aromatic heterocycles. The lowest BCUT2D eigenvalue weighted by atomic mass is 9.95. The Morgan fingerprint density at radius 1 is 1.28 bits per heavy atom. The summed E-state index contributed by atoms with van der Waals surface area (Å²) in [6.45, 7) is 3.68. The van der Waals surface area contributed by atoms with Crippen LogP contribution in [0.3, 0.4) is 0 Å². The van der Waals surface area contributed by atoms with Crippen molar-refractivity contribution in [2.24, 2.45) is 0 Å². The monoisotopic (exact) mass is 342 g/mol. The number of nitrogens with zero attached hydrogens (tertiary/aromatic N) is 1. The van der Waals surface area contributed by atoms with E-state index in [0.717, 1.165) is 36.6 Å². The summed E-state index contributed by atoms with van der Waals surface area (Å²) in [4.78, 5) is 25.5. The zero-order valence-electron chi connectivity index (χ0n) is 15.2. The average molecular weight is 342 g/mol. The number of amides is 1. The van der Waals surface area contributed by atoms with Crippen molar-refractivity contribution in [2.45, 2.75) is 58.0 Å². The van der Waals surface area contributed by atoms with Crippen molar-refractivity contribution in [1.29, 1.82) is 0 Å². The molecule has 1 aliphatic rings. The number of rotatable bonds is 4. The highest BCUT2D eigenvalue weighted by Crippen LogP contribution is 2.28. The minimum absolute atomic E-state index is 0.106. The highest BCUT2D eigenvalue weighted by atomic mass is 16.5. The molecule has 1 fully saturated rings. The first-order valence-corrected chi connectivity index (χ1v) is 9.02. The summed E-state index contributed by atoms with van der Waals surface area (Å²) >= 11 is 0. The molecule has 0 radical (unpaired) electrons. The molecule has 5 nitrogen and oxygen atoms in total. The summed E-state index contributed by atoms with van der Waals surface area (Å²) in [5.74, 6) is 0.501. The zero-order chi connectivity index (χ0) is 18.0. The molecule has 0 unspecified atom stereocenters. The summed E-state index contributed by atoms with van der Waals surface area (Å²) in [7, 11) is 1.58. The number of aromatic nitrogens is 1. The van der Waals surface area contributed by atoms with Crippen molar-refractivity contribution in [1.82, 2.24) is 9.88 Å². The molecule has 5 heteroatoms. The molecule has 1 heterocycles. The van der Waals surface area contributed by atoms with E-state index in [0.29, 0.717) is 11.3 Å². The largest absolute Gasteiger partial charge is 0.495 e. The fourth-order valence-electron chi connectivity index (χ4n) is 3.77. The van der Waals surface area contributed by atoms with E-state index in [1.54, 1.807) is 24.7 Å². The van der Waals surface area contributed by atoms with Crippen LogP contribution in [0.4, 0.5) is 0 Å². The third kappa shape index (κ3) is 3.41. The fourth-order valence-corrected chi connectivity index (χ4v) is 3.77. The number of hydrogen-bond acceptors (Lipinski definition) is 3. The Kier molecular flexibility index (Phi) is 5.11. The number of fused-ring (bicyclic) bond motifs is 1. The second-order valence-electron chi connectivity index (χ2n) is 6.91. The predicted molar refractivity (Wildman–Crippen MR) is 99.2 cm³/mol. The Morgan fingerprint density at radius 2 is 2.00 bits per heavy atom. The first-order valence-electron chi connectivity index (χ1n) is 9.02. The highest BCUT2D eigenvalue weighted by Gasteiger charge is 2.24. The van der Waals surface area contributed by atoms with Crippen molar-refractivity contribution in [3.63, 3.8) is 0 Å². The minimum atomic E-state index is -0.589. The maximum atomic E-state index is 12.8. The van der Waals surface area contributed by atoms with E-state index in [2.05, 4.69) is 5.32 Å². The Bertz CT molecular complexity index is 835. The number of hydrogen-bond donors (Lipinski definition) is 1. The standard InChI is InChI=1S/C20H26N2O3/c1-13-12-18(23)22(19-16(13)10-7-11-17(19)25-3)14(2)20(24)21-15-8-5-4-6-9-15/h7,10-12,14-15H,4-6,8-9H2,1-3H3,(H,21,24)/t14-/m0/s1. The smallest absolute Gasteiger partial charge is 0.252 e. The first-order chi connectivity index (χ1) is 12.0. The maximum Gasteiger partial charge on any atom is 0.252 e. The quantitative estimate of drug-likeness (QED) is 0.927. The van der Waals surface area contributed by atoms with E-state index in [4.69, 9.17) is 4.74 Å². The van der Waals surface area contributed by atoms with Gasteiger partial charge in [0.2, 0.25) is 5.91 Å². The SMILES string of the molecule is COc1cccc2c(C)cc(=O)n([C@@H](C)C(=O)NC3CCCCC3)c12. The van der Waals surface area contributed by atoms with Gasteiger partial charge in [-0.15, -0.1) is 0 Å². The van der Waals surface area contributed by atoms with Gasteiger partial charge in [0.05, 0.1) is 12.6 Å². The molecular formula is C20H26N2O3. The molecule has 1 N–H and O–H groups in total. The van der Waals surface area contributed by atoms with Crippen LogP contribution in [0.15, 0.2) is 29.1 Å². The topological polar surface area (TPSA) is 60.3 Å². The van der Waals surface area contributed by atoms with E-state index < -0.39 is 6.04 Å². The molecule has 1 aliphatic carbocycles. The second kappa shape index (κ2) is 7.30. The van der Waals surface area contributed by atoms with Gasteiger partial charge in [0.15, 0.2) is 0 Å². The Balaban J connectivity index is 2.01. The van der Waals surface area contributed by atoms with Crippen LogP contribution >= 0.6 is 0 Å². The van der Waals surface area contributed by atoms with Crippen LogP contribution in [0.1, 0.15) is 50.6 Å². The third-order valence-electron chi connectivity index (χ3n) is 5.18. The minimum Gasteiger partial charge on any atom is -0.495 e. The van der Waals surface area contributed by atoms with E-state index in [9.17, 15) is 9.59 Å². The third-order valence-corrected chi connectivity index (χ3v) is 5.18. The number of methoxy groups -OCH3 is 1. The summed E-state index contributed by atoms with van der Waals surface area (Å²) in [6, 6.07) is 6.90. The first kappa shape index (κ1) is 17.5. The maximum absolute atomic E-state index is 12.8. The van der Waals surface area contributed by atoms with Gasteiger partial charge in [0.25, 0.3) is 5.56 Å². The Labute approximate surface area is 148 Å². The summed E-state index contributed by atoms with van der Waals surface area (Å²) in [6.07, 6.45) is 5.58. The number of pyridine rings is 1. The van der Waals surface area contributed by atoms with E-state index >= 15 is 0 Å². The number of ether oxygens (including phenoxy) is 1. The summed E-state index contributed by atoms with van der Waals surface area (Å²) in [5.41, 5.74) is 1.39. The molecule has 3 rings (SSSR count). The summed E-state index contributed by atoms with van der Waals surface area (Å²) < 4.78 is 7.02. The molecule has 0 aliphatic heterocycles. The lowest BCUT2D eigenvalue weighted by Gasteiger charge is -2.26. The van der Waals surface area contributed by atoms with Gasteiger partial charge in [-0.2, -0.15) is 0 Å². The van der Waals surface area contributed by atoms with Gasteiger partial charge in [-0.25, -0.2) is 0 Å². The number of para-hydroxylation sites is 1. The van der Waals surface area contributed by atoms with Crippen molar-refractivity contribution in [3.05, 3.63) is 40.2 Å². The molecular weight excluding hydrogens is 316 g/mol. The number of aryl methyl sites for hydroxylation is 1. The second-order valence-corrected chi connectivity index (χ2v) is 6.91. The van der Waals surface area contributed by atoms with Crippen LogP contribution < -0.4 is 15.6 Å². The van der Waals surface area contributed by atoms with Crippen LogP contribution in [0.25, 0.3) is 10.9 Å². The summed E-state index contributed by atoms with van der Waals surface area (Å²) in [5, 5.41) is 4.05. The van der Waals surface area contributed by atoms with Gasteiger partial charge in [-0.3, -0.25) is 14.2 Å². The average Bonchev–Trinajstić information content (AvgIpc) is 2.62. The van der Waals surface area contributed by atoms with Crippen molar-refractivity contribution >= 4 is 16.8 Å². The van der Waals surface area contributed by atoms with Gasteiger partial charge < -0.3 is 10.1 Å². The number of carbonyl (C=O) groups is 1. The van der Waals surface area contributed by atoms with E-state index in [1.807, 2.05) is 25.1 Å². The highest BCUT2D eigenvalue weighted by molar-refractivity contribution is 5.90. The molecule has 25 heavy (non-hydrogen) atoms. The van der Waals surface area contributed by atoms with Crippen molar-refractivity contribution < 1.29 is 9.53 Å². The van der Waals surface area contributed by atoms with Gasteiger partial charge in [0, 0.05) is 17.5 Å². The van der Waals surface area contributed by atoms with E-state index in [-0.39, 0.29) is 17.5 Å². The van der Waals surface area contributed by atoms with E-state index in [1.165, 1.54) is 6.42 Å². The van der Waals surface area contributed by atoms with Gasteiger partial charge in [0.1, 0.15) is 11.8 Å². The molecule has 0 bridgehead atoms. The molecule has 1 amide bonds. The molecule has 0 spiro atoms. The normalized spacial score (nSPS) is 16.6. The predicted octanol–water partition coefficient (Wildman–Crippen LogP) is 3.33. The van der Waals surface area contributed by atoms with Crippen molar-refractivity contribution in [3.8, 4) is 5.75 Å². The number of benzene rings is 1. The molecule has 1 aromatic carbocycles. The lowest BCUT2D eigenvalue weighted by molar-refractivity contribution is -0.124. The molecule has 1 atom stereocenters. The Morgan fingerprint density at radius 3 is 2.68 bits per heavy atom. The van der Waals surface area contributed by atoms with Gasteiger partial charge in [-0.05, 0) is 38.3 Å². The number of carbonyl (C=O) groups excluding carboxylic acids is 1. The van der Waals surface area contributed by atoms with Crippen LogP contribution in [-0.4, -0.2) is 23.6 Å². The Hall–Kier alpha value is -2.30. The lowest BCUT2D eigenvalue weighted by Crippen LogP contribution is -2.42.